The molecule has 0 bridgehead atoms. The van der Waals surface area contributed by atoms with Crippen molar-refractivity contribution in [3.8, 4) is 0 Å². The predicted molar refractivity (Wildman–Crippen MR) is 71.7 cm³/mol. The van der Waals surface area contributed by atoms with Crippen LogP contribution >= 0.6 is 7.82 Å². The number of rotatable bonds is 11. The minimum absolute atomic E-state index is 0.0100. The number of phosphoric acid groups is 1. The summed E-state index contributed by atoms with van der Waals surface area (Å²) in [7, 11) is -5.40. The van der Waals surface area contributed by atoms with Crippen LogP contribution in [-0.4, -0.2) is 80.5 Å². The second-order valence-electron chi connectivity index (χ2n) is 5.27. The summed E-state index contributed by atoms with van der Waals surface area (Å²) in [5.74, 6) is -9.66. The Morgan fingerprint density at radius 3 is 1.63 bits per heavy atom. The van der Waals surface area contributed by atoms with Crippen molar-refractivity contribution in [1.29, 1.82) is 0 Å². The quantitative estimate of drug-likeness (QED) is 0.281. The number of hydrogen-bond acceptors (Lipinski definition) is 6. The average Bonchev–Trinajstić information content (AvgIpc) is 2.59. The van der Waals surface area contributed by atoms with Crippen LogP contribution in [0.3, 0.4) is 0 Å². The maximum atomic E-state index is 12.9. The van der Waals surface area contributed by atoms with Gasteiger partial charge in [0.15, 0.2) is 0 Å². The molecular formula is C11H15F8N2O5P. The first-order chi connectivity index (χ1) is 12.3. The largest absolute Gasteiger partial charge is 0.492 e. The van der Waals surface area contributed by atoms with E-state index in [-0.39, 0.29) is 26.2 Å². The fourth-order valence-electron chi connectivity index (χ4n) is 1.57. The minimum atomic E-state index is -5.40. The molecule has 0 radical (unpaired) electrons. The third-order valence-electron chi connectivity index (χ3n) is 3.11. The summed E-state index contributed by atoms with van der Waals surface area (Å²) >= 11 is 0. The predicted octanol–water partition coefficient (Wildman–Crippen LogP) is 2.63. The zero-order valence-corrected chi connectivity index (χ0v) is 14.3. The third kappa shape index (κ3) is 7.49. The highest BCUT2D eigenvalue weighted by molar-refractivity contribution is 7.48. The first-order valence-corrected chi connectivity index (χ1v) is 8.62. The number of amides is 1. The molecule has 1 aliphatic heterocycles. The Hall–Kier alpha value is -1.02. The number of nitrogens with zero attached hydrogens (tertiary/aromatic N) is 2. The molecule has 1 aliphatic rings. The van der Waals surface area contributed by atoms with E-state index in [0.29, 0.717) is 6.41 Å². The van der Waals surface area contributed by atoms with Gasteiger partial charge in [0.25, 0.3) is 0 Å². The Labute approximate surface area is 147 Å². The molecule has 1 saturated heterocycles. The topological polar surface area (TPSA) is 68.3 Å². The van der Waals surface area contributed by atoms with Crippen LogP contribution in [0, 0.1) is 0 Å². The lowest BCUT2D eigenvalue weighted by Crippen LogP contribution is -2.45. The molecule has 0 aromatic carbocycles. The molecule has 0 aromatic rings. The summed E-state index contributed by atoms with van der Waals surface area (Å²) < 4.78 is 125. The van der Waals surface area contributed by atoms with Gasteiger partial charge < -0.3 is 4.90 Å². The van der Waals surface area contributed by atoms with Gasteiger partial charge in [-0.05, 0) is 0 Å². The standard InChI is InChI=1S/C11H15F8N2O5P/c12-8(13)10(16,17)5-24-27(23,25-6-11(18,19)9(14)15)26-21-3-1-20(7-22)2-4-21/h7-9H,1-6H2. The maximum Gasteiger partial charge on any atom is 0.492 e. The van der Waals surface area contributed by atoms with Gasteiger partial charge in [-0.3, -0.25) is 13.8 Å². The molecule has 7 nitrogen and oxygen atoms in total. The lowest BCUT2D eigenvalue weighted by atomic mass is 10.4. The summed E-state index contributed by atoms with van der Waals surface area (Å²) in [5.41, 5.74) is 0. The van der Waals surface area contributed by atoms with E-state index >= 15 is 0 Å². The van der Waals surface area contributed by atoms with Gasteiger partial charge in [-0.2, -0.15) is 27.2 Å². The summed E-state index contributed by atoms with van der Waals surface area (Å²) in [6.45, 7) is -4.90. The van der Waals surface area contributed by atoms with Crippen molar-refractivity contribution in [2.45, 2.75) is 24.7 Å². The van der Waals surface area contributed by atoms with Gasteiger partial charge in [-0.25, -0.2) is 22.1 Å². The van der Waals surface area contributed by atoms with Crippen LogP contribution in [0.4, 0.5) is 35.1 Å². The summed E-state index contributed by atoms with van der Waals surface area (Å²) in [4.78, 5) is 11.8. The SMILES string of the molecule is O=CN1CCN(OP(=O)(OCC(F)(F)C(F)F)OCC(F)(F)C(F)F)CC1. The van der Waals surface area contributed by atoms with Crippen molar-refractivity contribution in [1.82, 2.24) is 9.96 Å². The maximum absolute atomic E-state index is 12.9. The van der Waals surface area contributed by atoms with E-state index in [9.17, 15) is 44.5 Å². The van der Waals surface area contributed by atoms with Crippen LogP contribution in [0.2, 0.25) is 0 Å². The zero-order valence-electron chi connectivity index (χ0n) is 13.4. The monoisotopic (exact) mass is 438 g/mol. The fourth-order valence-corrected chi connectivity index (χ4v) is 2.85. The molecule has 1 amide bonds. The van der Waals surface area contributed by atoms with Crippen LogP contribution in [0.25, 0.3) is 0 Å². The number of phosphoric ester groups is 1. The van der Waals surface area contributed by atoms with E-state index < -0.39 is 45.7 Å². The Morgan fingerprint density at radius 1 is 0.889 bits per heavy atom. The van der Waals surface area contributed by atoms with Gasteiger partial charge >= 0.3 is 32.5 Å². The van der Waals surface area contributed by atoms with E-state index in [2.05, 4.69) is 13.7 Å². The number of piperazine rings is 1. The Balaban J connectivity index is 2.81. The zero-order chi connectivity index (χ0) is 20.9. The smallest absolute Gasteiger partial charge is 0.343 e. The molecule has 0 atom stereocenters. The second kappa shape index (κ2) is 9.45. The number of hydroxylamine groups is 2. The van der Waals surface area contributed by atoms with Crippen LogP contribution < -0.4 is 0 Å². The molecule has 160 valence electrons. The van der Waals surface area contributed by atoms with Crippen molar-refractivity contribution in [3.05, 3.63) is 0 Å². The van der Waals surface area contributed by atoms with Crippen molar-refractivity contribution in [2.24, 2.45) is 0 Å². The molecule has 0 aromatic heterocycles. The molecule has 0 saturated carbocycles. The highest BCUT2D eigenvalue weighted by atomic mass is 31.2. The van der Waals surface area contributed by atoms with E-state index in [1.165, 1.54) is 4.90 Å². The molecule has 0 aliphatic carbocycles. The molecule has 1 rings (SSSR count). The van der Waals surface area contributed by atoms with Crippen LogP contribution in [-0.2, 0) is 23.0 Å². The highest BCUT2D eigenvalue weighted by Crippen LogP contribution is 2.52. The molecule has 1 fully saturated rings. The van der Waals surface area contributed by atoms with Crippen molar-refractivity contribution in [3.63, 3.8) is 0 Å². The van der Waals surface area contributed by atoms with Crippen molar-refractivity contribution < 1.29 is 58.2 Å². The number of carbonyl (C=O) groups excluding carboxylic acids is 1. The molecule has 0 N–H and O–H groups in total. The number of hydrogen-bond donors (Lipinski definition) is 0. The minimum Gasteiger partial charge on any atom is -0.343 e. The normalized spacial score (nSPS) is 17.8. The molecule has 16 heteroatoms. The van der Waals surface area contributed by atoms with Gasteiger partial charge in [0, 0.05) is 26.2 Å². The Kier molecular flexibility index (Phi) is 8.41. The van der Waals surface area contributed by atoms with Gasteiger partial charge in [-0.15, -0.1) is 0 Å². The Bertz CT molecular complexity index is 505. The third-order valence-corrected chi connectivity index (χ3v) is 4.43. The van der Waals surface area contributed by atoms with E-state index in [0.717, 1.165) is 5.06 Å². The summed E-state index contributed by atoms with van der Waals surface area (Å²) in [6, 6.07) is 0. The molecule has 27 heavy (non-hydrogen) atoms. The summed E-state index contributed by atoms with van der Waals surface area (Å²) in [5, 5.41) is 0.724. The second-order valence-corrected chi connectivity index (χ2v) is 6.84. The number of alkyl halides is 8. The van der Waals surface area contributed by atoms with Crippen LogP contribution in [0.15, 0.2) is 0 Å². The average molecular weight is 438 g/mol. The first kappa shape index (κ1) is 24.0. The van der Waals surface area contributed by atoms with E-state index in [1.54, 1.807) is 0 Å². The van der Waals surface area contributed by atoms with Gasteiger partial charge in [-0.1, -0.05) is 0 Å². The lowest BCUT2D eigenvalue weighted by Gasteiger charge is -2.33. The highest BCUT2D eigenvalue weighted by Gasteiger charge is 2.48. The molecule has 1 heterocycles. The van der Waals surface area contributed by atoms with Crippen LogP contribution in [0.1, 0.15) is 0 Å². The summed E-state index contributed by atoms with van der Waals surface area (Å²) in [6.07, 6.45) is -8.04. The first-order valence-electron chi connectivity index (χ1n) is 7.16. The molecule has 0 unspecified atom stereocenters. The molecule has 0 spiro atoms. The fraction of sp³-hybridized carbons (Fsp3) is 0.909. The van der Waals surface area contributed by atoms with Crippen molar-refractivity contribution in [2.75, 3.05) is 39.4 Å². The van der Waals surface area contributed by atoms with Gasteiger partial charge in [0.1, 0.15) is 13.2 Å². The number of carbonyl (C=O) groups is 1. The van der Waals surface area contributed by atoms with Crippen molar-refractivity contribution >= 4 is 14.2 Å². The Morgan fingerprint density at radius 2 is 1.30 bits per heavy atom. The van der Waals surface area contributed by atoms with E-state index in [4.69, 9.17) is 0 Å². The lowest BCUT2D eigenvalue weighted by molar-refractivity contribution is -0.177. The van der Waals surface area contributed by atoms with Gasteiger partial charge in [0.2, 0.25) is 6.41 Å². The molecular weight excluding hydrogens is 423 g/mol. The van der Waals surface area contributed by atoms with E-state index in [1.807, 2.05) is 0 Å². The van der Waals surface area contributed by atoms with Crippen LogP contribution in [0.5, 0.6) is 0 Å². The van der Waals surface area contributed by atoms with Gasteiger partial charge in [0.05, 0.1) is 0 Å². The number of halogens is 8.